The van der Waals surface area contributed by atoms with E-state index in [2.05, 4.69) is 6.92 Å². The van der Waals surface area contributed by atoms with Crippen LogP contribution in [0.5, 0.6) is 11.5 Å². The molecule has 0 spiro atoms. The molecular formula is C23H38O4. The van der Waals surface area contributed by atoms with Gasteiger partial charge in [-0.2, -0.15) is 0 Å². The van der Waals surface area contributed by atoms with Crippen LogP contribution in [0.25, 0.3) is 0 Å². The van der Waals surface area contributed by atoms with E-state index in [0.717, 1.165) is 12.8 Å². The molecule has 1 rings (SSSR count). The Morgan fingerprint density at radius 1 is 0.926 bits per heavy atom. The van der Waals surface area contributed by atoms with Gasteiger partial charge in [-0.25, -0.2) is 4.79 Å². The lowest BCUT2D eigenvalue weighted by molar-refractivity contribution is -0.151. The van der Waals surface area contributed by atoms with Crippen LogP contribution >= 0.6 is 0 Å². The van der Waals surface area contributed by atoms with E-state index < -0.39 is 6.10 Å². The average Bonchev–Trinajstić information content (AvgIpc) is 2.65. The van der Waals surface area contributed by atoms with Gasteiger partial charge in [-0.15, -0.1) is 0 Å². The predicted molar refractivity (Wildman–Crippen MR) is 110 cm³/mol. The van der Waals surface area contributed by atoms with Crippen molar-refractivity contribution >= 4 is 5.97 Å². The topological polar surface area (TPSA) is 55.8 Å². The van der Waals surface area contributed by atoms with Crippen molar-refractivity contribution in [3.63, 3.8) is 0 Å². The minimum Gasteiger partial charge on any atom is -0.508 e. The molecule has 0 aliphatic carbocycles. The van der Waals surface area contributed by atoms with Crippen molar-refractivity contribution in [2.24, 2.45) is 0 Å². The van der Waals surface area contributed by atoms with Gasteiger partial charge in [0.05, 0.1) is 6.61 Å². The fourth-order valence-corrected chi connectivity index (χ4v) is 3.04. The van der Waals surface area contributed by atoms with E-state index >= 15 is 0 Å². The van der Waals surface area contributed by atoms with E-state index in [-0.39, 0.29) is 11.7 Å². The van der Waals surface area contributed by atoms with Crippen molar-refractivity contribution in [3.8, 4) is 11.5 Å². The SMILES string of the molecule is CCCCCCCCCCCCCCOC(=O)C(C)Oc1cccc(O)c1. The molecule has 4 nitrogen and oxygen atoms in total. The first kappa shape index (κ1) is 23.3. The lowest BCUT2D eigenvalue weighted by Crippen LogP contribution is -2.26. The summed E-state index contributed by atoms with van der Waals surface area (Å²) in [6, 6.07) is 6.42. The number of carbonyl (C=O) groups is 1. The van der Waals surface area contributed by atoms with E-state index in [0.29, 0.717) is 12.4 Å². The zero-order chi connectivity index (χ0) is 19.7. The van der Waals surface area contributed by atoms with Gasteiger partial charge >= 0.3 is 5.97 Å². The second-order valence-electron chi connectivity index (χ2n) is 7.31. The first-order chi connectivity index (χ1) is 13.1. The second kappa shape index (κ2) is 15.4. The average molecular weight is 379 g/mol. The number of phenols is 1. The molecule has 1 unspecified atom stereocenters. The van der Waals surface area contributed by atoms with Crippen molar-refractivity contribution in [2.45, 2.75) is 97.0 Å². The molecule has 0 saturated heterocycles. The number of carbonyl (C=O) groups excluding carboxylic acids is 1. The van der Waals surface area contributed by atoms with E-state index in [4.69, 9.17) is 9.47 Å². The highest BCUT2D eigenvalue weighted by molar-refractivity contribution is 5.74. The van der Waals surface area contributed by atoms with E-state index in [1.807, 2.05) is 0 Å². The maximum Gasteiger partial charge on any atom is 0.347 e. The number of benzene rings is 1. The van der Waals surface area contributed by atoms with Crippen LogP contribution in [0.3, 0.4) is 0 Å². The van der Waals surface area contributed by atoms with Crippen LogP contribution in [-0.2, 0) is 9.53 Å². The van der Waals surface area contributed by atoms with Gasteiger partial charge in [0, 0.05) is 6.07 Å². The lowest BCUT2D eigenvalue weighted by atomic mass is 10.1. The van der Waals surface area contributed by atoms with Crippen molar-refractivity contribution in [1.82, 2.24) is 0 Å². The number of hydrogen-bond acceptors (Lipinski definition) is 4. The molecule has 4 heteroatoms. The normalized spacial score (nSPS) is 11.9. The summed E-state index contributed by atoms with van der Waals surface area (Å²) in [5, 5.41) is 9.40. The monoisotopic (exact) mass is 378 g/mol. The minimum atomic E-state index is -0.677. The Hall–Kier alpha value is -1.71. The molecular weight excluding hydrogens is 340 g/mol. The smallest absolute Gasteiger partial charge is 0.347 e. The Kier molecular flexibility index (Phi) is 13.3. The van der Waals surface area contributed by atoms with Gasteiger partial charge in [0.15, 0.2) is 6.10 Å². The lowest BCUT2D eigenvalue weighted by Gasteiger charge is -2.14. The van der Waals surface area contributed by atoms with Gasteiger partial charge in [0.25, 0.3) is 0 Å². The van der Waals surface area contributed by atoms with E-state index in [9.17, 15) is 9.90 Å². The summed E-state index contributed by atoms with van der Waals surface area (Å²) >= 11 is 0. The molecule has 1 aromatic carbocycles. The van der Waals surface area contributed by atoms with Crippen LogP contribution in [0.2, 0.25) is 0 Å². The summed E-state index contributed by atoms with van der Waals surface area (Å²) in [7, 11) is 0. The van der Waals surface area contributed by atoms with Crippen LogP contribution in [0, 0.1) is 0 Å². The molecule has 1 aromatic rings. The van der Waals surface area contributed by atoms with Crippen molar-refractivity contribution in [2.75, 3.05) is 6.61 Å². The maximum absolute atomic E-state index is 11.9. The number of aromatic hydroxyl groups is 1. The molecule has 0 aliphatic rings. The van der Waals surface area contributed by atoms with E-state index in [1.165, 1.54) is 70.3 Å². The van der Waals surface area contributed by atoms with Crippen molar-refractivity contribution in [3.05, 3.63) is 24.3 Å². The third kappa shape index (κ3) is 12.3. The highest BCUT2D eigenvalue weighted by atomic mass is 16.6. The molecule has 27 heavy (non-hydrogen) atoms. The molecule has 0 amide bonds. The Morgan fingerprint density at radius 2 is 1.48 bits per heavy atom. The van der Waals surface area contributed by atoms with Crippen LogP contribution in [0.15, 0.2) is 24.3 Å². The Balaban J connectivity index is 1.93. The van der Waals surface area contributed by atoms with Crippen LogP contribution in [0.1, 0.15) is 90.9 Å². The molecule has 0 aromatic heterocycles. The maximum atomic E-state index is 11.9. The summed E-state index contributed by atoms with van der Waals surface area (Å²) in [4.78, 5) is 11.9. The number of rotatable bonds is 16. The van der Waals surface area contributed by atoms with E-state index in [1.54, 1.807) is 25.1 Å². The highest BCUT2D eigenvalue weighted by Gasteiger charge is 2.16. The highest BCUT2D eigenvalue weighted by Crippen LogP contribution is 2.19. The van der Waals surface area contributed by atoms with Crippen LogP contribution in [-0.4, -0.2) is 23.8 Å². The number of esters is 1. The third-order valence-electron chi connectivity index (χ3n) is 4.70. The first-order valence-electron chi connectivity index (χ1n) is 10.8. The Bertz CT molecular complexity index is 501. The zero-order valence-electron chi connectivity index (χ0n) is 17.3. The first-order valence-corrected chi connectivity index (χ1v) is 10.8. The van der Waals surface area contributed by atoms with Gasteiger partial charge in [-0.1, -0.05) is 83.6 Å². The second-order valence-corrected chi connectivity index (χ2v) is 7.31. The number of unbranched alkanes of at least 4 members (excludes halogenated alkanes) is 11. The molecule has 0 radical (unpaired) electrons. The zero-order valence-corrected chi connectivity index (χ0v) is 17.3. The molecule has 0 bridgehead atoms. The standard InChI is InChI=1S/C23H38O4/c1-3-4-5-6-7-8-9-10-11-12-13-14-18-26-23(25)20(2)27-22-17-15-16-21(24)19-22/h15-17,19-20,24H,3-14,18H2,1-2H3. The van der Waals surface area contributed by atoms with Gasteiger partial charge in [-0.05, 0) is 25.5 Å². The van der Waals surface area contributed by atoms with Gasteiger partial charge < -0.3 is 14.6 Å². The van der Waals surface area contributed by atoms with Crippen molar-refractivity contribution < 1.29 is 19.4 Å². The molecule has 0 aliphatic heterocycles. The molecule has 1 atom stereocenters. The summed E-state index contributed by atoms with van der Waals surface area (Å²) < 4.78 is 10.8. The number of phenolic OH excluding ortho intramolecular Hbond substituents is 1. The molecule has 0 saturated carbocycles. The van der Waals surface area contributed by atoms with Crippen LogP contribution in [0.4, 0.5) is 0 Å². The summed E-state index contributed by atoms with van der Waals surface area (Å²) in [6.45, 7) is 4.37. The molecule has 1 N–H and O–H groups in total. The quantitative estimate of drug-likeness (QED) is 0.267. The molecule has 154 valence electrons. The summed E-state index contributed by atoms with van der Waals surface area (Å²) in [5.41, 5.74) is 0. The third-order valence-corrected chi connectivity index (χ3v) is 4.70. The fourth-order valence-electron chi connectivity index (χ4n) is 3.04. The molecule has 0 fully saturated rings. The molecule has 0 heterocycles. The van der Waals surface area contributed by atoms with Gasteiger partial charge in [-0.3, -0.25) is 0 Å². The summed E-state index contributed by atoms with van der Waals surface area (Å²) in [5.74, 6) is 0.218. The van der Waals surface area contributed by atoms with Gasteiger partial charge in [0.1, 0.15) is 11.5 Å². The Morgan fingerprint density at radius 3 is 2.04 bits per heavy atom. The summed E-state index contributed by atoms with van der Waals surface area (Å²) in [6.07, 6.45) is 14.7. The predicted octanol–water partition coefficient (Wildman–Crippen LogP) is 6.40. The fraction of sp³-hybridized carbons (Fsp3) is 0.696. The number of hydrogen-bond donors (Lipinski definition) is 1. The minimum absolute atomic E-state index is 0.115. The van der Waals surface area contributed by atoms with Gasteiger partial charge in [0.2, 0.25) is 0 Å². The largest absolute Gasteiger partial charge is 0.508 e. The Labute approximate surface area is 165 Å². The number of ether oxygens (including phenoxy) is 2. The van der Waals surface area contributed by atoms with Crippen molar-refractivity contribution in [1.29, 1.82) is 0 Å². The van der Waals surface area contributed by atoms with Crippen LogP contribution < -0.4 is 4.74 Å².